The highest BCUT2D eigenvalue weighted by molar-refractivity contribution is 7.10. The molecule has 0 saturated carbocycles. The van der Waals surface area contributed by atoms with Crippen LogP contribution in [-0.2, 0) is 13.5 Å². The Morgan fingerprint density at radius 1 is 1.42 bits per heavy atom. The van der Waals surface area contributed by atoms with Gasteiger partial charge < -0.3 is 5.32 Å². The molecule has 1 N–H and O–H groups in total. The van der Waals surface area contributed by atoms with E-state index in [1.54, 1.807) is 0 Å². The first-order chi connectivity index (χ1) is 9.13. The van der Waals surface area contributed by atoms with E-state index in [0.717, 1.165) is 25.1 Å². The van der Waals surface area contributed by atoms with Gasteiger partial charge in [-0.2, -0.15) is 5.10 Å². The summed E-state index contributed by atoms with van der Waals surface area (Å²) in [5.41, 5.74) is 3.81. The van der Waals surface area contributed by atoms with Crippen LogP contribution in [0.15, 0.2) is 17.5 Å². The quantitative estimate of drug-likeness (QED) is 0.877. The number of hydrogen-bond acceptors (Lipinski definition) is 3. The highest BCUT2D eigenvalue weighted by atomic mass is 32.1. The summed E-state index contributed by atoms with van der Waals surface area (Å²) in [7, 11) is 2.02. The summed E-state index contributed by atoms with van der Waals surface area (Å²) in [6.45, 7) is 7.52. The van der Waals surface area contributed by atoms with Crippen LogP contribution >= 0.6 is 11.3 Å². The van der Waals surface area contributed by atoms with Crippen molar-refractivity contribution in [2.75, 3.05) is 6.54 Å². The Morgan fingerprint density at radius 3 is 2.74 bits per heavy atom. The lowest BCUT2D eigenvalue weighted by molar-refractivity contribution is 0.534. The van der Waals surface area contributed by atoms with E-state index in [4.69, 9.17) is 0 Å². The van der Waals surface area contributed by atoms with Gasteiger partial charge in [0.1, 0.15) is 0 Å². The second-order valence-electron chi connectivity index (χ2n) is 5.00. The maximum absolute atomic E-state index is 4.52. The SMILES string of the molecule is CCCNC(Cc1c(C)nn(C)c1C)c1cccs1. The molecule has 0 aliphatic rings. The minimum absolute atomic E-state index is 0.404. The summed E-state index contributed by atoms with van der Waals surface area (Å²) in [5.74, 6) is 0. The Balaban J connectivity index is 2.20. The van der Waals surface area contributed by atoms with E-state index in [1.165, 1.54) is 16.1 Å². The van der Waals surface area contributed by atoms with Crippen LogP contribution in [0.3, 0.4) is 0 Å². The van der Waals surface area contributed by atoms with Crippen molar-refractivity contribution in [2.45, 2.75) is 39.7 Å². The second-order valence-corrected chi connectivity index (χ2v) is 5.98. The Morgan fingerprint density at radius 2 is 2.21 bits per heavy atom. The Bertz CT molecular complexity index is 514. The minimum Gasteiger partial charge on any atom is -0.309 e. The smallest absolute Gasteiger partial charge is 0.0629 e. The monoisotopic (exact) mass is 277 g/mol. The number of hydrogen-bond donors (Lipinski definition) is 1. The molecule has 2 heterocycles. The lowest BCUT2D eigenvalue weighted by atomic mass is 10.0. The zero-order valence-electron chi connectivity index (χ0n) is 12.2. The lowest BCUT2D eigenvalue weighted by Gasteiger charge is -2.17. The molecule has 0 radical (unpaired) electrons. The molecule has 0 bridgehead atoms. The fourth-order valence-corrected chi connectivity index (χ4v) is 3.20. The largest absolute Gasteiger partial charge is 0.309 e. The van der Waals surface area contributed by atoms with Gasteiger partial charge in [0, 0.05) is 23.7 Å². The molecule has 4 heteroatoms. The van der Waals surface area contributed by atoms with Crippen molar-refractivity contribution in [3.63, 3.8) is 0 Å². The molecule has 0 aromatic carbocycles. The van der Waals surface area contributed by atoms with Crippen molar-refractivity contribution in [1.29, 1.82) is 0 Å². The number of nitrogens with zero attached hydrogens (tertiary/aromatic N) is 2. The van der Waals surface area contributed by atoms with Gasteiger partial charge in [-0.3, -0.25) is 4.68 Å². The van der Waals surface area contributed by atoms with E-state index in [1.807, 2.05) is 23.1 Å². The number of thiophene rings is 1. The highest BCUT2D eigenvalue weighted by Crippen LogP contribution is 2.25. The molecule has 0 saturated heterocycles. The van der Waals surface area contributed by atoms with E-state index in [9.17, 15) is 0 Å². The zero-order chi connectivity index (χ0) is 13.8. The van der Waals surface area contributed by atoms with Crippen LogP contribution < -0.4 is 5.32 Å². The maximum atomic E-state index is 4.52. The molecule has 1 atom stereocenters. The molecule has 0 amide bonds. The number of nitrogens with one attached hydrogen (secondary N) is 1. The van der Waals surface area contributed by atoms with Crippen molar-refractivity contribution < 1.29 is 0 Å². The van der Waals surface area contributed by atoms with Crippen LogP contribution in [0.4, 0.5) is 0 Å². The third kappa shape index (κ3) is 3.25. The average molecular weight is 277 g/mol. The summed E-state index contributed by atoms with van der Waals surface area (Å²) >= 11 is 1.83. The van der Waals surface area contributed by atoms with Gasteiger partial charge in [0.05, 0.1) is 5.69 Å². The standard InChI is InChI=1S/C15H23N3S/c1-5-8-16-14(15-7-6-9-19-15)10-13-11(2)17-18(4)12(13)3/h6-7,9,14,16H,5,8,10H2,1-4H3. The van der Waals surface area contributed by atoms with Gasteiger partial charge >= 0.3 is 0 Å². The predicted octanol–water partition coefficient (Wildman–Crippen LogP) is 3.38. The molecular formula is C15H23N3S. The van der Waals surface area contributed by atoms with Crippen molar-refractivity contribution >= 4 is 11.3 Å². The van der Waals surface area contributed by atoms with Gasteiger partial charge in [-0.05, 0) is 50.2 Å². The Hall–Kier alpha value is -1.13. The van der Waals surface area contributed by atoms with E-state index < -0.39 is 0 Å². The lowest BCUT2D eigenvalue weighted by Crippen LogP contribution is -2.23. The van der Waals surface area contributed by atoms with Crippen molar-refractivity contribution in [3.8, 4) is 0 Å². The number of aryl methyl sites for hydroxylation is 2. The third-order valence-electron chi connectivity index (χ3n) is 3.59. The van der Waals surface area contributed by atoms with Crippen LogP contribution in [-0.4, -0.2) is 16.3 Å². The molecule has 0 fully saturated rings. The van der Waals surface area contributed by atoms with Crippen molar-refractivity contribution in [2.24, 2.45) is 7.05 Å². The summed E-state index contributed by atoms with van der Waals surface area (Å²) < 4.78 is 1.98. The van der Waals surface area contributed by atoms with Gasteiger partial charge in [0.15, 0.2) is 0 Å². The first-order valence-corrected chi connectivity index (χ1v) is 7.77. The molecule has 3 nitrogen and oxygen atoms in total. The van der Waals surface area contributed by atoms with Gasteiger partial charge in [-0.25, -0.2) is 0 Å². The fourth-order valence-electron chi connectivity index (χ4n) is 2.40. The molecule has 1 unspecified atom stereocenters. The van der Waals surface area contributed by atoms with Crippen LogP contribution in [0.25, 0.3) is 0 Å². The van der Waals surface area contributed by atoms with Gasteiger partial charge in [0.25, 0.3) is 0 Å². The van der Waals surface area contributed by atoms with Crippen LogP contribution in [0, 0.1) is 13.8 Å². The minimum atomic E-state index is 0.404. The molecule has 104 valence electrons. The first kappa shape index (κ1) is 14.3. The zero-order valence-corrected chi connectivity index (χ0v) is 13.0. The average Bonchev–Trinajstić information content (AvgIpc) is 2.98. The summed E-state index contributed by atoms with van der Waals surface area (Å²) in [5, 5.41) is 10.3. The summed E-state index contributed by atoms with van der Waals surface area (Å²) in [4.78, 5) is 1.41. The first-order valence-electron chi connectivity index (χ1n) is 6.89. The molecule has 2 rings (SSSR count). The maximum Gasteiger partial charge on any atom is 0.0629 e. The van der Waals surface area contributed by atoms with Gasteiger partial charge in [-0.15, -0.1) is 11.3 Å². The van der Waals surface area contributed by atoms with Crippen molar-refractivity contribution in [1.82, 2.24) is 15.1 Å². The highest BCUT2D eigenvalue weighted by Gasteiger charge is 2.17. The molecule has 0 aliphatic heterocycles. The topological polar surface area (TPSA) is 29.9 Å². The van der Waals surface area contributed by atoms with Gasteiger partial charge in [0.2, 0.25) is 0 Å². The summed E-state index contributed by atoms with van der Waals surface area (Å²) in [6, 6.07) is 4.75. The van der Waals surface area contributed by atoms with Crippen LogP contribution in [0.5, 0.6) is 0 Å². The third-order valence-corrected chi connectivity index (χ3v) is 4.58. The Kier molecular flexibility index (Phi) is 4.77. The van der Waals surface area contributed by atoms with Crippen LogP contribution in [0.1, 0.15) is 41.2 Å². The van der Waals surface area contributed by atoms with E-state index in [2.05, 4.69) is 48.7 Å². The number of rotatable bonds is 6. The van der Waals surface area contributed by atoms with E-state index in [-0.39, 0.29) is 0 Å². The van der Waals surface area contributed by atoms with E-state index in [0.29, 0.717) is 6.04 Å². The van der Waals surface area contributed by atoms with Crippen molar-refractivity contribution in [3.05, 3.63) is 39.3 Å². The molecule has 19 heavy (non-hydrogen) atoms. The second kappa shape index (κ2) is 6.35. The fraction of sp³-hybridized carbons (Fsp3) is 0.533. The predicted molar refractivity (Wildman–Crippen MR) is 81.7 cm³/mol. The Labute approximate surface area is 119 Å². The molecule has 2 aromatic rings. The molecular weight excluding hydrogens is 254 g/mol. The summed E-state index contributed by atoms with van der Waals surface area (Å²) in [6.07, 6.45) is 2.18. The number of aromatic nitrogens is 2. The molecule has 0 spiro atoms. The van der Waals surface area contributed by atoms with E-state index >= 15 is 0 Å². The normalized spacial score (nSPS) is 12.8. The molecule has 0 aliphatic carbocycles. The van der Waals surface area contributed by atoms with Gasteiger partial charge in [-0.1, -0.05) is 13.0 Å². The van der Waals surface area contributed by atoms with Crippen LogP contribution in [0.2, 0.25) is 0 Å². The molecule has 2 aromatic heterocycles.